The number of nitrogens with one attached hydrogen (secondary N) is 3. The summed E-state index contributed by atoms with van der Waals surface area (Å²) >= 11 is 11.8. The van der Waals surface area contributed by atoms with Crippen molar-refractivity contribution >= 4 is 50.7 Å². The van der Waals surface area contributed by atoms with Crippen LogP contribution in [0.4, 0.5) is 17.5 Å². The van der Waals surface area contributed by atoms with E-state index in [4.69, 9.17) is 23.2 Å². The van der Waals surface area contributed by atoms with E-state index in [9.17, 15) is 8.42 Å². The molecule has 0 radical (unpaired) electrons. The summed E-state index contributed by atoms with van der Waals surface area (Å²) in [6.45, 7) is 2.39. The van der Waals surface area contributed by atoms with Crippen LogP contribution in [-0.2, 0) is 10.0 Å². The fraction of sp³-hybridized carbons (Fsp3) is 0.167. The number of benzene rings is 1. The Morgan fingerprint density at radius 3 is 2.48 bits per heavy atom. The molecule has 0 amide bonds. The van der Waals surface area contributed by atoms with Crippen LogP contribution in [0.15, 0.2) is 53.8 Å². The van der Waals surface area contributed by atoms with Gasteiger partial charge in [0.05, 0.1) is 5.02 Å². The zero-order valence-corrected chi connectivity index (χ0v) is 17.7. The second kappa shape index (κ2) is 9.36. The largest absolute Gasteiger partial charge is 0.369 e. The first-order valence-corrected chi connectivity index (χ1v) is 10.8. The van der Waals surface area contributed by atoms with Gasteiger partial charge < -0.3 is 10.6 Å². The van der Waals surface area contributed by atoms with Crippen LogP contribution in [0.2, 0.25) is 10.0 Å². The van der Waals surface area contributed by atoms with Crippen LogP contribution in [0, 0.1) is 6.92 Å². The second-order valence-corrected chi connectivity index (χ2v) is 8.61. The SMILES string of the molecule is Cc1ccnc(Nc2cc(NCCNS(=O)(=O)c3cc(Cl)ccc3Cl)ncn2)c1. The van der Waals surface area contributed by atoms with E-state index in [2.05, 4.69) is 30.3 Å². The van der Waals surface area contributed by atoms with E-state index in [1.165, 1.54) is 24.5 Å². The molecule has 8 nitrogen and oxygen atoms in total. The van der Waals surface area contributed by atoms with Gasteiger partial charge in [0.1, 0.15) is 28.7 Å². The van der Waals surface area contributed by atoms with Crippen molar-refractivity contribution in [2.45, 2.75) is 11.8 Å². The maximum absolute atomic E-state index is 12.4. The van der Waals surface area contributed by atoms with Gasteiger partial charge in [-0.05, 0) is 42.8 Å². The Morgan fingerprint density at radius 2 is 1.69 bits per heavy atom. The zero-order chi connectivity index (χ0) is 20.9. The minimum Gasteiger partial charge on any atom is -0.369 e. The molecule has 29 heavy (non-hydrogen) atoms. The lowest BCUT2D eigenvalue weighted by Gasteiger charge is -2.10. The number of aromatic nitrogens is 3. The van der Waals surface area contributed by atoms with Crippen molar-refractivity contribution in [2.75, 3.05) is 23.7 Å². The smallest absolute Gasteiger partial charge is 0.242 e. The molecule has 0 bridgehead atoms. The Morgan fingerprint density at radius 1 is 0.931 bits per heavy atom. The van der Waals surface area contributed by atoms with Crippen molar-refractivity contribution in [3.8, 4) is 0 Å². The van der Waals surface area contributed by atoms with Gasteiger partial charge in [-0.2, -0.15) is 0 Å². The molecule has 0 aliphatic heterocycles. The molecule has 0 fully saturated rings. The number of nitrogens with zero attached hydrogens (tertiary/aromatic N) is 3. The maximum atomic E-state index is 12.4. The molecule has 152 valence electrons. The van der Waals surface area contributed by atoms with Crippen molar-refractivity contribution in [1.29, 1.82) is 0 Å². The van der Waals surface area contributed by atoms with Gasteiger partial charge in [0.25, 0.3) is 0 Å². The molecule has 2 heterocycles. The summed E-state index contributed by atoms with van der Waals surface area (Å²) in [5, 5.41) is 6.52. The molecular weight excluding hydrogens is 435 g/mol. The van der Waals surface area contributed by atoms with Crippen molar-refractivity contribution < 1.29 is 8.42 Å². The van der Waals surface area contributed by atoms with Crippen molar-refractivity contribution in [2.24, 2.45) is 0 Å². The number of pyridine rings is 1. The molecule has 3 aromatic rings. The summed E-state index contributed by atoms with van der Waals surface area (Å²) in [6.07, 6.45) is 3.10. The van der Waals surface area contributed by atoms with Crippen LogP contribution in [0.1, 0.15) is 5.56 Å². The first-order chi connectivity index (χ1) is 13.8. The van der Waals surface area contributed by atoms with Gasteiger partial charge in [-0.1, -0.05) is 23.2 Å². The molecule has 0 saturated carbocycles. The van der Waals surface area contributed by atoms with E-state index in [1.807, 2.05) is 19.1 Å². The van der Waals surface area contributed by atoms with E-state index in [-0.39, 0.29) is 21.5 Å². The highest BCUT2D eigenvalue weighted by Gasteiger charge is 2.17. The summed E-state index contributed by atoms with van der Waals surface area (Å²) in [4.78, 5) is 12.4. The summed E-state index contributed by atoms with van der Waals surface area (Å²) in [5.41, 5.74) is 1.07. The first kappa shape index (κ1) is 21.3. The molecular formula is C18H18Cl2N6O2S. The molecule has 0 aliphatic carbocycles. The lowest BCUT2D eigenvalue weighted by atomic mass is 10.3. The third-order valence-electron chi connectivity index (χ3n) is 3.74. The third kappa shape index (κ3) is 6.01. The minimum absolute atomic E-state index is 0.0640. The number of halogens is 2. The molecule has 0 aliphatic rings. The first-order valence-electron chi connectivity index (χ1n) is 8.54. The highest BCUT2D eigenvalue weighted by atomic mass is 35.5. The van der Waals surface area contributed by atoms with Gasteiger partial charge in [0.15, 0.2) is 0 Å². The highest BCUT2D eigenvalue weighted by Crippen LogP contribution is 2.24. The summed E-state index contributed by atoms with van der Waals surface area (Å²) in [6, 6.07) is 9.76. The van der Waals surface area contributed by atoms with Crippen molar-refractivity contribution in [3.05, 3.63) is 64.5 Å². The molecule has 2 aromatic heterocycles. The third-order valence-corrected chi connectivity index (χ3v) is 5.92. The molecule has 0 unspecified atom stereocenters. The molecule has 3 rings (SSSR count). The Balaban J connectivity index is 1.56. The quantitative estimate of drug-likeness (QED) is 0.447. The van der Waals surface area contributed by atoms with Crippen LogP contribution in [0.5, 0.6) is 0 Å². The summed E-state index contributed by atoms with van der Waals surface area (Å²) < 4.78 is 27.2. The predicted molar refractivity (Wildman–Crippen MR) is 114 cm³/mol. The van der Waals surface area contributed by atoms with Gasteiger partial charge in [-0.15, -0.1) is 0 Å². The number of aryl methyl sites for hydroxylation is 1. The Kier molecular flexibility index (Phi) is 6.86. The average Bonchev–Trinajstić information content (AvgIpc) is 2.67. The number of sulfonamides is 1. The molecule has 0 saturated heterocycles. The topological polar surface area (TPSA) is 109 Å². The summed E-state index contributed by atoms with van der Waals surface area (Å²) in [5.74, 6) is 1.77. The van der Waals surface area contributed by atoms with E-state index in [1.54, 1.807) is 12.3 Å². The van der Waals surface area contributed by atoms with Crippen LogP contribution in [-0.4, -0.2) is 36.5 Å². The van der Waals surface area contributed by atoms with Crippen LogP contribution >= 0.6 is 23.2 Å². The normalized spacial score (nSPS) is 11.3. The molecule has 0 spiro atoms. The summed E-state index contributed by atoms with van der Waals surface area (Å²) in [7, 11) is -3.78. The Labute approximate surface area is 178 Å². The molecule has 3 N–H and O–H groups in total. The van der Waals surface area contributed by atoms with Crippen LogP contribution in [0.25, 0.3) is 0 Å². The van der Waals surface area contributed by atoms with E-state index < -0.39 is 10.0 Å². The van der Waals surface area contributed by atoms with Crippen LogP contribution in [0.3, 0.4) is 0 Å². The predicted octanol–water partition coefficient (Wildman–Crippen LogP) is 3.62. The van der Waals surface area contributed by atoms with Gasteiger partial charge >= 0.3 is 0 Å². The lowest BCUT2D eigenvalue weighted by molar-refractivity contribution is 0.583. The van der Waals surface area contributed by atoms with Gasteiger partial charge in [0.2, 0.25) is 10.0 Å². The average molecular weight is 453 g/mol. The van der Waals surface area contributed by atoms with Gasteiger partial charge in [-0.25, -0.2) is 28.1 Å². The van der Waals surface area contributed by atoms with Crippen molar-refractivity contribution in [3.63, 3.8) is 0 Å². The standard InChI is InChI=1S/C18H18Cl2N6O2S/c1-12-4-5-21-17(8-12)26-18-10-16(23-11-24-18)22-6-7-25-29(27,28)15-9-13(19)2-3-14(15)20/h2-5,8-11,25H,6-7H2,1H3,(H2,21,22,23,24,26). The van der Waals surface area contributed by atoms with E-state index in [0.29, 0.717) is 24.0 Å². The number of hydrogen-bond acceptors (Lipinski definition) is 7. The number of hydrogen-bond donors (Lipinski definition) is 3. The highest BCUT2D eigenvalue weighted by molar-refractivity contribution is 7.89. The Bertz CT molecular complexity index is 1110. The van der Waals surface area contributed by atoms with E-state index >= 15 is 0 Å². The van der Waals surface area contributed by atoms with Crippen LogP contribution < -0.4 is 15.4 Å². The fourth-order valence-electron chi connectivity index (χ4n) is 2.39. The van der Waals surface area contributed by atoms with E-state index in [0.717, 1.165) is 5.56 Å². The second-order valence-electron chi connectivity index (χ2n) is 6.03. The van der Waals surface area contributed by atoms with Crippen molar-refractivity contribution in [1.82, 2.24) is 19.7 Å². The fourth-order valence-corrected chi connectivity index (χ4v) is 4.19. The molecule has 1 aromatic carbocycles. The molecule has 0 atom stereocenters. The number of rotatable bonds is 8. The monoisotopic (exact) mass is 452 g/mol. The van der Waals surface area contributed by atoms with Gasteiger partial charge in [0, 0.05) is 30.4 Å². The zero-order valence-electron chi connectivity index (χ0n) is 15.4. The number of anilines is 3. The van der Waals surface area contributed by atoms with Gasteiger partial charge in [-0.3, -0.25) is 0 Å². The molecule has 11 heteroatoms. The Hall–Kier alpha value is -2.46. The lowest BCUT2D eigenvalue weighted by Crippen LogP contribution is -2.29. The maximum Gasteiger partial charge on any atom is 0.242 e. The minimum atomic E-state index is -3.78.